The van der Waals surface area contributed by atoms with Crippen molar-refractivity contribution in [2.24, 2.45) is 0 Å². The molecule has 0 saturated heterocycles. The van der Waals surface area contributed by atoms with Crippen LogP contribution in [-0.2, 0) is 10.2 Å². The zero-order valence-corrected chi connectivity index (χ0v) is 10.3. The van der Waals surface area contributed by atoms with Gasteiger partial charge in [0.25, 0.3) is 0 Å². The van der Waals surface area contributed by atoms with Crippen molar-refractivity contribution >= 4 is 15.9 Å². The van der Waals surface area contributed by atoms with Crippen molar-refractivity contribution < 1.29 is 13.5 Å². The number of hydrogen-bond acceptors (Lipinski definition) is 3. The highest BCUT2D eigenvalue weighted by Gasteiger charge is 2.19. The fourth-order valence-corrected chi connectivity index (χ4v) is 2.16. The monoisotopic (exact) mass is 244 g/mol. The number of phenolic OH excluding ortho intramolecular Hbond substituents is 1. The minimum absolute atomic E-state index is 0.0974. The van der Waals surface area contributed by atoms with Crippen LogP contribution in [0.3, 0.4) is 0 Å². The Balaban J connectivity index is 2.85. The van der Waals surface area contributed by atoms with Crippen molar-refractivity contribution in [3.8, 4) is 5.75 Å². The molecule has 2 N–H and O–H groups in total. The molecule has 0 saturated carbocycles. The first-order chi connectivity index (χ1) is 7.33. The Kier molecular flexibility index (Phi) is 3.77. The molecule has 0 aromatic heterocycles. The predicted octanol–water partition coefficient (Wildman–Crippen LogP) is 1.39. The van der Waals surface area contributed by atoms with E-state index in [1.54, 1.807) is 13.8 Å². The molecule has 0 fully saturated rings. The first-order valence-corrected chi connectivity index (χ1v) is 6.32. The summed E-state index contributed by atoms with van der Waals surface area (Å²) >= 11 is 0. The van der Waals surface area contributed by atoms with Crippen molar-refractivity contribution in [2.45, 2.75) is 19.9 Å². The lowest BCUT2D eigenvalue weighted by Crippen LogP contribution is -2.37. The van der Waals surface area contributed by atoms with Crippen molar-refractivity contribution in [3.05, 3.63) is 24.3 Å². The Hall–Kier alpha value is -1.27. The molecule has 5 nitrogen and oxygen atoms in total. The molecule has 0 unspecified atom stereocenters. The smallest absolute Gasteiger partial charge is 0.301 e. The standard InChI is InChI=1S/C10H16N2O3S/c1-8(2)12(3)16(14,15)11-9-4-6-10(13)7-5-9/h4-8,11,13H,1-3H3. The van der Waals surface area contributed by atoms with E-state index in [0.29, 0.717) is 5.69 Å². The molecule has 0 radical (unpaired) electrons. The Labute approximate surface area is 95.9 Å². The Morgan fingerprint density at radius 1 is 1.25 bits per heavy atom. The SMILES string of the molecule is CC(C)N(C)S(=O)(=O)Nc1ccc(O)cc1. The number of anilines is 1. The fraction of sp³-hybridized carbons (Fsp3) is 0.400. The van der Waals surface area contributed by atoms with Gasteiger partial charge in [0.15, 0.2) is 0 Å². The summed E-state index contributed by atoms with van der Waals surface area (Å²) in [6, 6.07) is 5.73. The van der Waals surface area contributed by atoms with Crippen LogP contribution in [0.2, 0.25) is 0 Å². The highest BCUT2D eigenvalue weighted by Crippen LogP contribution is 2.16. The van der Waals surface area contributed by atoms with Gasteiger partial charge in [-0.3, -0.25) is 4.72 Å². The van der Waals surface area contributed by atoms with Crippen LogP contribution in [0.15, 0.2) is 24.3 Å². The van der Waals surface area contributed by atoms with Crippen LogP contribution < -0.4 is 4.72 Å². The maximum Gasteiger partial charge on any atom is 0.301 e. The number of nitrogens with one attached hydrogen (secondary N) is 1. The molecule has 0 spiro atoms. The molecule has 0 bridgehead atoms. The van der Waals surface area contributed by atoms with E-state index in [-0.39, 0.29) is 11.8 Å². The third-order valence-electron chi connectivity index (χ3n) is 2.22. The van der Waals surface area contributed by atoms with E-state index in [4.69, 9.17) is 5.11 Å². The van der Waals surface area contributed by atoms with Gasteiger partial charge in [0.2, 0.25) is 0 Å². The summed E-state index contributed by atoms with van der Waals surface area (Å²) in [7, 11) is -2.02. The lowest BCUT2D eigenvalue weighted by atomic mass is 10.3. The van der Waals surface area contributed by atoms with Gasteiger partial charge in [-0.25, -0.2) is 0 Å². The highest BCUT2D eigenvalue weighted by atomic mass is 32.2. The number of aromatic hydroxyl groups is 1. The minimum atomic E-state index is -3.52. The van der Waals surface area contributed by atoms with Gasteiger partial charge in [-0.1, -0.05) is 0 Å². The van der Waals surface area contributed by atoms with Crippen molar-refractivity contribution in [1.29, 1.82) is 0 Å². The van der Waals surface area contributed by atoms with Gasteiger partial charge in [-0.15, -0.1) is 0 Å². The van der Waals surface area contributed by atoms with Crippen LogP contribution in [0.5, 0.6) is 5.75 Å². The van der Waals surface area contributed by atoms with Gasteiger partial charge in [-0.2, -0.15) is 12.7 Å². The third kappa shape index (κ3) is 3.11. The second kappa shape index (κ2) is 4.71. The van der Waals surface area contributed by atoms with Crippen LogP contribution in [0.25, 0.3) is 0 Å². The molecule has 90 valence electrons. The number of hydrogen-bond donors (Lipinski definition) is 2. The van der Waals surface area contributed by atoms with Gasteiger partial charge in [0.1, 0.15) is 5.75 Å². The first-order valence-electron chi connectivity index (χ1n) is 4.88. The van der Waals surface area contributed by atoms with Crippen molar-refractivity contribution in [2.75, 3.05) is 11.8 Å². The van der Waals surface area contributed by atoms with Gasteiger partial charge in [-0.05, 0) is 38.1 Å². The normalized spacial score (nSPS) is 12.1. The average molecular weight is 244 g/mol. The summed E-state index contributed by atoms with van der Waals surface area (Å²) < 4.78 is 27.2. The molecule has 6 heteroatoms. The van der Waals surface area contributed by atoms with E-state index < -0.39 is 10.2 Å². The summed E-state index contributed by atoms with van der Waals surface area (Å²) in [5, 5.41) is 9.06. The molecule has 0 aliphatic heterocycles. The van der Waals surface area contributed by atoms with Gasteiger partial charge in [0, 0.05) is 13.1 Å². The Bertz CT molecular complexity index is 440. The van der Waals surface area contributed by atoms with E-state index in [9.17, 15) is 8.42 Å². The molecule has 0 aliphatic rings. The summed E-state index contributed by atoms with van der Waals surface area (Å²) in [6.45, 7) is 3.58. The second-order valence-corrected chi connectivity index (χ2v) is 5.49. The Morgan fingerprint density at radius 2 is 1.75 bits per heavy atom. The molecule has 16 heavy (non-hydrogen) atoms. The molecular formula is C10H16N2O3S. The molecule has 0 aliphatic carbocycles. The average Bonchev–Trinajstić information content (AvgIpc) is 2.20. The minimum Gasteiger partial charge on any atom is -0.508 e. The van der Waals surface area contributed by atoms with E-state index in [0.717, 1.165) is 0 Å². The van der Waals surface area contributed by atoms with Crippen LogP contribution in [0.1, 0.15) is 13.8 Å². The molecule has 0 atom stereocenters. The summed E-state index contributed by atoms with van der Waals surface area (Å²) in [6.07, 6.45) is 0. The number of benzene rings is 1. The van der Waals surface area contributed by atoms with Crippen molar-refractivity contribution in [1.82, 2.24) is 4.31 Å². The van der Waals surface area contributed by atoms with Gasteiger partial charge < -0.3 is 5.11 Å². The lowest BCUT2D eigenvalue weighted by Gasteiger charge is -2.21. The number of phenols is 1. The maximum absolute atomic E-state index is 11.8. The third-order valence-corrected chi connectivity index (χ3v) is 3.89. The topological polar surface area (TPSA) is 69.6 Å². The summed E-state index contributed by atoms with van der Waals surface area (Å²) in [5.74, 6) is 0.0974. The van der Waals surface area contributed by atoms with Gasteiger partial charge in [0.05, 0.1) is 5.69 Å². The molecule has 0 amide bonds. The number of nitrogens with zero attached hydrogens (tertiary/aromatic N) is 1. The predicted molar refractivity (Wildman–Crippen MR) is 63.5 cm³/mol. The van der Waals surface area contributed by atoms with Crippen LogP contribution in [-0.4, -0.2) is 30.9 Å². The molecule has 0 heterocycles. The van der Waals surface area contributed by atoms with E-state index in [1.807, 2.05) is 0 Å². The summed E-state index contributed by atoms with van der Waals surface area (Å²) in [4.78, 5) is 0. The molecular weight excluding hydrogens is 228 g/mol. The van der Waals surface area contributed by atoms with Crippen LogP contribution in [0.4, 0.5) is 5.69 Å². The van der Waals surface area contributed by atoms with E-state index in [2.05, 4.69) is 4.72 Å². The Morgan fingerprint density at radius 3 is 2.19 bits per heavy atom. The maximum atomic E-state index is 11.8. The largest absolute Gasteiger partial charge is 0.508 e. The zero-order valence-electron chi connectivity index (χ0n) is 9.51. The van der Waals surface area contributed by atoms with Gasteiger partial charge >= 0.3 is 10.2 Å². The highest BCUT2D eigenvalue weighted by molar-refractivity contribution is 7.90. The molecule has 1 rings (SSSR count). The number of rotatable bonds is 4. The van der Waals surface area contributed by atoms with Crippen LogP contribution in [0, 0.1) is 0 Å². The zero-order chi connectivity index (χ0) is 12.3. The fourth-order valence-electron chi connectivity index (χ4n) is 1.03. The van der Waals surface area contributed by atoms with Crippen molar-refractivity contribution in [3.63, 3.8) is 0 Å². The van der Waals surface area contributed by atoms with Crippen LogP contribution >= 0.6 is 0 Å². The quantitative estimate of drug-likeness (QED) is 0.786. The summed E-state index contributed by atoms with van der Waals surface area (Å²) in [5.41, 5.74) is 0.422. The lowest BCUT2D eigenvalue weighted by molar-refractivity contribution is 0.414. The molecule has 1 aromatic rings. The second-order valence-electron chi connectivity index (χ2n) is 3.76. The first kappa shape index (κ1) is 12.8. The molecule has 1 aromatic carbocycles. The van der Waals surface area contributed by atoms with E-state index in [1.165, 1.54) is 35.6 Å². The van der Waals surface area contributed by atoms with E-state index >= 15 is 0 Å².